The Labute approximate surface area is 80.5 Å². The van der Waals surface area contributed by atoms with Gasteiger partial charge in [0.2, 0.25) is 0 Å². The van der Waals surface area contributed by atoms with Crippen molar-refractivity contribution >= 4 is 11.1 Å². The van der Waals surface area contributed by atoms with Crippen molar-refractivity contribution < 1.29 is 26.7 Å². The van der Waals surface area contributed by atoms with E-state index in [4.69, 9.17) is 0 Å². The Morgan fingerprint density at radius 1 is 1.36 bits per heavy atom. The lowest BCUT2D eigenvalue weighted by atomic mass is 10.2. The van der Waals surface area contributed by atoms with Crippen molar-refractivity contribution in [1.29, 1.82) is 0 Å². The molecule has 0 aromatic carbocycles. The van der Waals surface area contributed by atoms with Gasteiger partial charge in [-0.1, -0.05) is 6.08 Å². The smallest absolute Gasteiger partial charge is 0.573 e. The van der Waals surface area contributed by atoms with Gasteiger partial charge in [-0.2, -0.15) is 0 Å². The molecule has 14 heavy (non-hydrogen) atoms. The first-order valence-electron chi connectivity index (χ1n) is 3.66. The molecule has 7 heteroatoms. The minimum absolute atomic E-state index is 0.339. The fourth-order valence-corrected chi connectivity index (χ4v) is 1.54. The second kappa shape index (κ2) is 4.14. The predicted octanol–water partition coefficient (Wildman–Crippen LogP) is 1.96. The van der Waals surface area contributed by atoms with Gasteiger partial charge in [0.1, 0.15) is 5.76 Å². The second-order valence-electron chi connectivity index (χ2n) is 2.50. The fraction of sp³-hybridized carbons (Fsp3) is 0.429. The normalized spacial score (nSPS) is 19.7. The van der Waals surface area contributed by atoms with E-state index in [0.717, 1.165) is 6.08 Å². The zero-order valence-corrected chi connectivity index (χ0v) is 7.65. The number of halogens is 3. The third-order valence-corrected chi connectivity index (χ3v) is 2.20. The molecule has 1 aliphatic rings. The summed E-state index contributed by atoms with van der Waals surface area (Å²) in [7, 11) is 0. The highest BCUT2D eigenvalue weighted by atomic mass is 32.2. The molecule has 3 nitrogen and oxygen atoms in total. The molecule has 0 bridgehead atoms. The van der Waals surface area contributed by atoms with Crippen LogP contribution in [0.2, 0.25) is 0 Å². The third-order valence-electron chi connectivity index (χ3n) is 1.47. The lowest BCUT2D eigenvalue weighted by Crippen LogP contribution is -2.16. The van der Waals surface area contributed by atoms with Gasteiger partial charge in [-0.3, -0.25) is 4.21 Å². The van der Waals surface area contributed by atoms with Gasteiger partial charge in [0.25, 0.3) is 0 Å². The average Bonchev–Trinajstić information content (AvgIpc) is 2.01. The van der Waals surface area contributed by atoms with Crippen molar-refractivity contribution in [3.63, 3.8) is 0 Å². The Bertz CT molecular complexity index is 306. The van der Waals surface area contributed by atoms with Crippen molar-refractivity contribution in [1.82, 2.24) is 0 Å². The Morgan fingerprint density at radius 3 is 2.43 bits per heavy atom. The van der Waals surface area contributed by atoms with E-state index < -0.39 is 28.1 Å². The summed E-state index contributed by atoms with van der Waals surface area (Å²) in [6.45, 7) is 0. The number of alkyl halides is 3. The summed E-state index contributed by atoms with van der Waals surface area (Å²) in [6.07, 6.45) is -1.81. The van der Waals surface area contributed by atoms with Gasteiger partial charge in [-0.15, -0.1) is 13.2 Å². The van der Waals surface area contributed by atoms with Crippen molar-refractivity contribution in [2.24, 2.45) is 0 Å². The molecule has 1 aliphatic carbocycles. The Kier molecular flexibility index (Phi) is 3.33. The summed E-state index contributed by atoms with van der Waals surface area (Å²) in [5.41, 5.74) is 0. The number of hydrogen-bond acceptors (Lipinski definition) is 3. The third kappa shape index (κ3) is 3.15. The monoisotopic (exact) mass is 227 g/mol. The van der Waals surface area contributed by atoms with E-state index in [-0.39, 0.29) is 0 Å². The largest absolute Gasteiger partial charge is 0.768 e. The molecule has 0 fully saturated rings. The first kappa shape index (κ1) is 11.3. The summed E-state index contributed by atoms with van der Waals surface area (Å²) in [6, 6.07) is 0. The molecule has 0 aromatic heterocycles. The van der Waals surface area contributed by atoms with Gasteiger partial charge in [0.05, 0.1) is 4.91 Å². The highest BCUT2D eigenvalue weighted by molar-refractivity contribution is 7.83. The molecule has 1 atom stereocenters. The van der Waals surface area contributed by atoms with Crippen LogP contribution >= 0.6 is 0 Å². The molecule has 1 rings (SSSR count). The minimum atomic E-state index is -4.86. The number of allylic oxidation sites excluding steroid dienone is 2. The van der Waals surface area contributed by atoms with E-state index in [1.807, 2.05) is 0 Å². The highest BCUT2D eigenvalue weighted by Crippen LogP contribution is 2.29. The molecule has 0 saturated carbocycles. The van der Waals surface area contributed by atoms with E-state index in [1.54, 1.807) is 0 Å². The number of hydrogen-bond donors (Lipinski definition) is 0. The molecule has 0 aliphatic heterocycles. The van der Waals surface area contributed by atoms with Gasteiger partial charge >= 0.3 is 6.36 Å². The van der Waals surface area contributed by atoms with Crippen LogP contribution in [-0.2, 0) is 15.8 Å². The topological polar surface area (TPSA) is 49.4 Å². The molecule has 0 amide bonds. The van der Waals surface area contributed by atoms with Crippen molar-refractivity contribution in [2.75, 3.05) is 0 Å². The predicted molar refractivity (Wildman–Crippen MR) is 41.5 cm³/mol. The fourth-order valence-electron chi connectivity index (χ4n) is 0.997. The van der Waals surface area contributed by atoms with Crippen LogP contribution in [0.3, 0.4) is 0 Å². The van der Waals surface area contributed by atoms with E-state index >= 15 is 0 Å². The Balaban J connectivity index is 2.81. The van der Waals surface area contributed by atoms with E-state index in [0.29, 0.717) is 12.8 Å². The van der Waals surface area contributed by atoms with E-state index in [1.165, 1.54) is 6.08 Å². The van der Waals surface area contributed by atoms with Crippen LogP contribution in [0.25, 0.3) is 0 Å². The first-order chi connectivity index (χ1) is 6.40. The van der Waals surface area contributed by atoms with Crippen LogP contribution in [0.1, 0.15) is 12.8 Å². The van der Waals surface area contributed by atoms with Crippen LogP contribution in [0.15, 0.2) is 22.8 Å². The summed E-state index contributed by atoms with van der Waals surface area (Å²) in [5.74, 6) is -0.642. The molecule has 1 unspecified atom stereocenters. The molecule has 80 valence electrons. The van der Waals surface area contributed by atoms with Crippen molar-refractivity contribution in [3.8, 4) is 0 Å². The molecular weight excluding hydrogens is 221 g/mol. The zero-order chi connectivity index (χ0) is 10.8. The van der Waals surface area contributed by atoms with Crippen molar-refractivity contribution in [3.05, 3.63) is 22.8 Å². The SMILES string of the molecule is O=S([O-])C1=CCCC=C1OC(F)(F)F. The maximum absolute atomic E-state index is 11.8. The van der Waals surface area contributed by atoms with E-state index in [2.05, 4.69) is 4.74 Å². The maximum Gasteiger partial charge on any atom is 0.573 e. The Hall–Kier alpha value is -0.820. The van der Waals surface area contributed by atoms with Crippen molar-refractivity contribution in [2.45, 2.75) is 19.2 Å². The summed E-state index contributed by atoms with van der Waals surface area (Å²) >= 11 is -2.70. The van der Waals surface area contributed by atoms with Gasteiger partial charge in [-0.05, 0) is 30.0 Å². The van der Waals surface area contributed by atoms with E-state index in [9.17, 15) is 21.9 Å². The average molecular weight is 227 g/mol. The molecule has 0 radical (unpaired) electrons. The molecule has 0 spiro atoms. The lowest BCUT2D eigenvalue weighted by Gasteiger charge is -2.19. The maximum atomic E-state index is 11.8. The minimum Gasteiger partial charge on any atom is -0.768 e. The van der Waals surface area contributed by atoms with Gasteiger partial charge in [-0.25, -0.2) is 0 Å². The molecule has 0 heterocycles. The quantitative estimate of drug-likeness (QED) is 0.677. The summed E-state index contributed by atoms with van der Waals surface area (Å²) in [5, 5.41) is 0. The standard InChI is InChI=1S/C7H7F3O3S/c8-7(9,10)13-5-3-1-2-4-6(5)14(11)12/h3-4H,1-2H2,(H,11,12)/p-1. The number of rotatable bonds is 2. The Morgan fingerprint density at radius 2 is 1.93 bits per heavy atom. The molecular formula is C7H6F3O3S-. The van der Waals surface area contributed by atoms with Crippen LogP contribution in [-0.4, -0.2) is 15.1 Å². The first-order valence-corrected chi connectivity index (χ1v) is 4.73. The van der Waals surface area contributed by atoms with Crippen LogP contribution < -0.4 is 0 Å². The van der Waals surface area contributed by atoms with Gasteiger partial charge in [0, 0.05) is 0 Å². The van der Waals surface area contributed by atoms with Crippen LogP contribution in [0.4, 0.5) is 13.2 Å². The molecule has 0 aromatic rings. The number of ether oxygens (including phenoxy) is 1. The molecule has 0 N–H and O–H groups in total. The van der Waals surface area contributed by atoms with Gasteiger partial charge in [0.15, 0.2) is 0 Å². The van der Waals surface area contributed by atoms with Crippen LogP contribution in [0.5, 0.6) is 0 Å². The summed E-state index contributed by atoms with van der Waals surface area (Å²) < 4.78 is 59.9. The zero-order valence-electron chi connectivity index (χ0n) is 6.84. The summed E-state index contributed by atoms with van der Waals surface area (Å²) in [4.78, 5) is -0.437. The van der Waals surface area contributed by atoms with Crippen LogP contribution in [0, 0.1) is 0 Å². The lowest BCUT2D eigenvalue weighted by molar-refractivity contribution is -0.303. The highest BCUT2D eigenvalue weighted by Gasteiger charge is 2.33. The molecule has 0 saturated heterocycles. The van der Waals surface area contributed by atoms with Gasteiger partial charge < -0.3 is 9.29 Å². The second-order valence-corrected chi connectivity index (χ2v) is 3.41.